The lowest BCUT2D eigenvalue weighted by atomic mass is 10.00. The first-order valence-electron chi connectivity index (χ1n) is 11.1. The molecule has 0 saturated heterocycles. The summed E-state index contributed by atoms with van der Waals surface area (Å²) in [6.45, 7) is 12.3. The highest BCUT2D eigenvalue weighted by molar-refractivity contribution is 6.12. The number of hydrogen-bond acceptors (Lipinski definition) is 7. The summed E-state index contributed by atoms with van der Waals surface area (Å²) in [5.41, 5.74) is 6.84. The van der Waals surface area contributed by atoms with Gasteiger partial charge < -0.3 is 25.1 Å². The third-order valence-corrected chi connectivity index (χ3v) is 6.10. The number of nitrogens with zero attached hydrogens (tertiary/aromatic N) is 3. The van der Waals surface area contributed by atoms with Gasteiger partial charge in [-0.3, -0.25) is 14.4 Å². The van der Waals surface area contributed by atoms with Gasteiger partial charge in [-0.15, -0.1) is 0 Å². The van der Waals surface area contributed by atoms with Gasteiger partial charge in [-0.25, -0.2) is 4.98 Å². The van der Waals surface area contributed by atoms with Crippen LogP contribution in [0.3, 0.4) is 0 Å². The van der Waals surface area contributed by atoms with Crippen LogP contribution in [0.1, 0.15) is 59.5 Å². The molecule has 9 nitrogen and oxygen atoms in total. The van der Waals surface area contributed by atoms with E-state index in [0.717, 1.165) is 0 Å². The van der Waals surface area contributed by atoms with Gasteiger partial charge in [0.15, 0.2) is 16.8 Å². The van der Waals surface area contributed by atoms with Crippen LogP contribution < -0.4 is 11.2 Å². The number of fused-ring (bicyclic) bond motifs is 2. The maximum atomic E-state index is 13.3. The van der Waals surface area contributed by atoms with Crippen molar-refractivity contribution in [3.8, 4) is 17.2 Å². The highest BCUT2D eigenvalue weighted by Gasteiger charge is 2.30. The number of nitrogens with two attached hydrogens (primary N) is 1. The second-order valence-electron chi connectivity index (χ2n) is 7.83. The number of aromatic hydroxyl groups is 1. The first kappa shape index (κ1) is 24.0. The van der Waals surface area contributed by atoms with Crippen LogP contribution in [0.2, 0.25) is 0 Å². The van der Waals surface area contributed by atoms with E-state index in [4.69, 9.17) is 10.2 Å². The number of benzene rings is 2. The van der Waals surface area contributed by atoms with Crippen LogP contribution >= 0.6 is 0 Å². The molecule has 0 radical (unpaired) electrons. The Bertz CT molecular complexity index is 1270. The summed E-state index contributed by atoms with van der Waals surface area (Å²) in [5, 5.41) is 10.6. The molecule has 33 heavy (non-hydrogen) atoms. The Balaban J connectivity index is 2.51. The number of aromatic nitrogens is 1. The summed E-state index contributed by atoms with van der Waals surface area (Å²) in [6, 6.07) is 1.26. The number of phenolic OH excluding ortho intramolecular Hbond substituents is 1. The molecular formula is C24H30N4O5. The Labute approximate surface area is 192 Å². The number of amides is 2. The average molecular weight is 455 g/mol. The topological polar surface area (TPSA) is 130 Å². The van der Waals surface area contributed by atoms with Gasteiger partial charge in [0.1, 0.15) is 17.0 Å². The number of anilines is 1. The minimum atomic E-state index is -0.409. The van der Waals surface area contributed by atoms with Crippen LogP contribution in [0.25, 0.3) is 22.6 Å². The van der Waals surface area contributed by atoms with E-state index >= 15 is 0 Å². The van der Waals surface area contributed by atoms with Crippen molar-refractivity contribution in [3.63, 3.8) is 0 Å². The predicted molar refractivity (Wildman–Crippen MR) is 127 cm³/mol. The number of nitrogen functional groups attached to an aromatic ring is 1. The first-order chi connectivity index (χ1) is 15.6. The fourth-order valence-electron chi connectivity index (χ4n) is 3.98. The molecule has 3 rings (SSSR count). The molecule has 0 saturated carbocycles. The van der Waals surface area contributed by atoms with E-state index in [1.165, 1.54) is 6.07 Å². The maximum Gasteiger partial charge on any atom is 0.258 e. The molecule has 0 unspecified atom stereocenters. The van der Waals surface area contributed by atoms with Crippen molar-refractivity contribution in [2.24, 2.45) is 0 Å². The second-order valence-corrected chi connectivity index (χ2v) is 7.83. The Morgan fingerprint density at radius 3 is 2.09 bits per heavy atom. The van der Waals surface area contributed by atoms with E-state index in [1.54, 1.807) is 23.6 Å². The van der Waals surface area contributed by atoms with Crippen molar-refractivity contribution in [2.75, 3.05) is 31.9 Å². The number of carbonyl (C=O) groups is 2. The van der Waals surface area contributed by atoms with Crippen molar-refractivity contribution in [1.29, 1.82) is 0 Å². The number of phenols is 1. The summed E-state index contributed by atoms with van der Waals surface area (Å²) in [6.07, 6.45) is 0. The number of rotatable bonds is 6. The Morgan fingerprint density at radius 2 is 1.55 bits per heavy atom. The van der Waals surface area contributed by atoms with Crippen molar-refractivity contribution in [2.45, 2.75) is 41.5 Å². The lowest BCUT2D eigenvalue weighted by Gasteiger charge is -2.23. The Hall–Kier alpha value is -3.62. The predicted octanol–water partition coefficient (Wildman–Crippen LogP) is 3.16. The SMILES string of the molecule is CCN(CC)C(=O)c1cc(=O)c(C)c2oc3c(C)c(O)c(N)c(C(=O)N(CC)CC)c3nc1-2. The zero-order valence-corrected chi connectivity index (χ0v) is 19.9. The second kappa shape index (κ2) is 9.09. The number of hydrogen-bond donors (Lipinski definition) is 2. The largest absolute Gasteiger partial charge is 0.505 e. The van der Waals surface area contributed by atoms with Gasteiger partial charge in [0.2, 0.25) is 0 Å². The molecule has 9 heteroatoms. The molecule has 2 aliphatic rings. The minimum absolute atomic E-state index is 0.00698. The Kier molecular flexibility index (Phi) is 6.62. The smallest absolute Gasteiger partial charge is 0.258 e. The van der Waals surface area contributed by atoms with Gasteiger partial charge in [-0.05, 0) is 41.5 Å². The Morgan fingerprint density at radius 1 is 1.00 bits per heavy atom. The molecule has 3 N–H and O–H groups in total. The monoisotopic (exact) mass is 454 g/mol. The molecule has 0 spiro atoms. The van der Waals surface area contributed by atoms with Crippen LogP contribution in [0.4, 0.5) is 5.69 Å². The first-order valence-corrected chi connectivity index (χ1v) is 11.1. The lowest BCUT2D eigenvalue weighted by molar-refractivity contribution is 0.0767. The van der Waals surface area contributed by atoms with Crippen LogP contribution in [0.5, 0.6) is 5.75 Å². The molecular weight excluding hydrogens is 424 g/mol. The molecule has 0 bridgehead atoms. The van der Waals surface area contributed by atoms with E-state index in [2.05, 4.69) is 4.98 Å². The third-order valence-electron chi connectivity index (χ3n) is 6.10. The molecule has 1 aromatic rings. The normalized spacial score (nSPS) is 11.2. The molecule has 0 fully saturated rings. The molecule has 1 aliphatic carbocycles. The summed E-state index contributed by atoms with van der Waals surface area (Å²) in [5.74, 6) is -0.907. The molecule has 1 aromatic carbocycles. The average Bonchev–Trinajstić information content (AvgIpc) is 2.81. The van der Waals surface area contributed by atoms with Crippen LogP contribution in [-0.2, 0) is 0 Å². The summed E-state index contributed by atoms with van der Waals surface area (Å²) >= 11 is 0. The van der Waals surface area contributed by atoms with Crippen LogP contribution in [0, 0.1) is 13.8 Å². The van der Waals surface area contributed by atoms with E-state index in [1.807, 2.05) is 27.7 Å². The molecule has 176 valence electrons. The highest BCUT2D eigenvalue weighted by atomic mass is 16.3. The van der Waals surface area contributed by atoms with Gasteiger partial charge in [0, 0.05) is 43.4 Å². The molecule has 0 atom stereocenters. The molecule has 1 heterocycles. The number of aryl methyl sites for hydroxylation is 1. The van der Waals surface area contributed by atoms with Gasteiger partial charge in [-0.1, -0.05) is 0 Å². The van der Waals surface area contributed by atoms with Crippen molar-refractivity contribution in [1.82, 2.24) is 14.8 Å². The van der Waals surface area contributed by atoms with E-state index in [0.29, 0.717) is 31.7 Å². The van der Waals surface area contributed by atoms with Crippen molar-refractivity contribution >= 4 is 28.6 Å². The van der Waals surface area contributed by atoms with E-state index < -0.39 is 5.91 Å². The fourth-order valence-corrected chi connectivity index (χ4v) is 3.98. The van der Waals surface area contributed by atoms with Gasteiger partial charge >= 0.3 is 0 Å². The quantitative estimate of drug-likeness (QED) is 0.332. The van der Waals surface area contributed by atoms with Crippen molar-refractivity contribution in [3.05, 3.63) is 38.5 Å². The van der Waals surface area contributed by atoms with Crippen LogP contribution in [0.15, 0.2) is 15.3 Å². The highest BCUT2D eigenvalue weighted by Crippen LogP contribution is 2.40. The zero-order chi connectivity index (χ0) is 24.6. The summed E-state index contributed by atoms with van der Waals surface area (Å²) in [7, 11) is 0. The third kappa shape index (κ3) is 3.77. The van der Waals surface area contributed by atoms with Crippen LogP contribution in [-0.4, -0.2) is 57.9 Å². The number of carbonyl (C=O) groups excluding carboxylic acids is 2. The van der Waals surface area contributed by atoms with E-state index in [9.17, 15) is 19.5 Å². The van der Waals surface area contributed by atoms with Crippen molar-refractivity contribution < 1.29 is 19.1 Å². The van der Waals surface area contributed by atoms with E-state index in [-0.39, 0.29) is 62.0 Å². The zero-order valence-electron chi connectivity index (χ0n) is 19.9. The lowest BCUT2D eigenvalue weighted by Crippen LogP contribution is -2.32. The fraction of sp³-hybridized carbons (Fsp3) is 0.417. The molecule has 0 aromatic heterocycles. The van der Waals surface area contributed by atoms with Gasteiger partial charge in [0.05, 0.1) is 16.8 Å². The molecule has 1 aliphatic heterocycles. The maximum absolute atomic E-state index is 13.3. The van der Waals surface area contributed by atoms with Gasteiger partial charge in [-0.2, -0.15) is 0 Å². The molecule has 2 amide bonds. The summed E-state index contributed by atoms with van der Waals surface area (Å²) in [4.78, 5) is 47.0. The van der Waals surface area contributed by atoms with Gasteiger partial charge in [0.25, 0.3) is 11.8 Å². The minimum Gasteiger partial charge on any atom is -0.505 e. The summed E-state index contributed by atoms with van der Waals surface area (Å²) < 4.78 is 6.08. The standard InChI is InChI=1S/C24H30N4O5/c1-7-27(8-2)23(31)14-11-15(29)12(5)21-18(14)26-19-16(24(32)28(9-3)10-4)17(25)20(30)13(6)22(19)33-21/h11,30H,7-10,25H2,1-6H3.